The first kappa shape index (κ1) is 10.6. The Kier molecular flexibility index (Phi) is 4.93. The summed E-state index contributed by atoms with van der Waals surface area (Å²) in [6.45, 7) is 4.27. The van der Waals surface area contributed by atoms with Crippen LogP contribution < -0.4 is 5.32 Å². The number of thioether (sulfide) groups is 1. The molecule has 0 bridgehead atoms. The molecule has 0 aliphatic carbocycles. The highest BCUT2D eigenvalue weighted by atomic mass is 32.2. The van der Waals surface area contributed by atoms with Gasteiger partial charge in [-0.25, -0.2) is 4.98 Å². The topological polar surface area (TPSA) is 29.9 Å². The fourth-order valence-corrected chi connectivity index (χ4v) is 1.50. The Hall–Kier alpha value is -0.480. The molecule has 1 aromatic rings. The molecule has 1 unspecified atom stereocenters. The molecule has 0 saturated carbocycles. The SMILES string of the molecule is CSCCNC(C)Cn1ccnc1. The fraction of sp³-hybridized carbons (Fsp3) is 0.667. The predicted octanol–water partition coefficient (Wildman–Crippen LogP) is 1.22. The maximum atomic E-state index is 4.00. The van der Waals surface area contributed by atoms with Crippen LogP contribution in [-0.4, -0.2) is 34.1 Å². The van der Waals surface area contributed by atoms with E-state index >= 15 is 0 Å². The second-order valence-corrected chi connectivity index (χ2v) is 4.09. The molecule has 13 heavy (non-hydrogen) atoms. The molecule has 1 atom stereocenters. The molecule has 4 heteroatoms. The van der Waals surface area contributed by atoms with Crippen molar-refractivity contribution in [3.05, 3.63) is 18.7 Å². The highest BCUT2D eigenvalue weighted by Crippen LogP contribution is 1.93. The number of aromatic nitrogens is 2. The minimum atomic E-state index is 0.515. The molecule has 0 fully saturated rings. The van der Waals surface area contributed by atoms with Gasteiger partial charge in [-0.05, 0) is 13.2 Å². The van der Waals surface area contributed by atoms with Crippen LogP contribution in [0.1, 0.15) is 6.92 Å². The fourth-order valence-electron chi connectivity index (χ4n) is 1.18. The normalized spacial score (nSPS) is 13.1. The van der Waals surface area contributed by atoms with E-state index in [1.165, 1.54) is 5.75 Å². The third-order valence-corrected chi connectivity index (χ3v) is 2.46. The van der Waals surface area contributed by atoms with Crippen LogP contribution in [0.25, 0.3) is 0 Å². The first-order chi connectivity index (χ1) is 6.33. The summed E-state index contributed by atoms with van der Waals surface area (Å²) in [4.78, 5) is 4.00. The lowest BCUT2D eigenvalue weighted by Crippen LogP contribution is -2.31. The Labute approximate surface area is 83.9 Å². The second kappa shape index (κ2) is 6.05. The van der Waals surface area contributed by atoms with Crippen LogP contribution in [0.2, 0.25) is 0 Å². The number of hydrogen-bond acceptors (Lipinski definition) is 3. The zero-order chi connectivity index (χ0) is 9.52. The molecular weight excluding hydrogens is 182 g/mol. The quantitative estimate of drug-likeness (QED) is 0.699. The van der Waals surface area contributed by atoms with Crippen molar-refractivity contribution in [2.75, 3.05) is 18.6 Å². The number of nitrogens with one attached hydrogen (secondary N) is 1. The van der Waals surface area contributed by atoms with E-state index in [2.05, 4.69) is 28.0 Å². The second-order valence-electron chi connectivity index (χ2n) is 3.11. The van der Waals surface area contributed by atoms with Crippen molar-refractivity contribution in [3.63, 3.8) is 0 Å². The maximum absolute atomic E-state index is 4.00. The van der Waals surface area contributed by atoms with Crippen molar-refractivity contribution in [2.45, 2.75) is 19.5 Å². The van der Waals surface area contributed by atoms with E-state index in [4.69, 9.17) is 0 Å². The van der Waals surface area contributed by atoms with Crippen LogP contribution in [0.3, 0.4) is 0 Å². The lowest BCUT2D eigenvalue weighted by Gasteiger charge is -2.13. The predicted molar refractivity (Wildman–Crippen MR) is 58.1 cm³/mol. The van der Waals surface area contributed by atoms with Crippen LogP contribution in [0.5, 0.6) is 0 Å². The Bertz CT molecular complexity index is 211. The van der Waals surface area contributed by atoms with Gasteiger partial charge < -0.3 is 9.88 Å². The summed E-state index contributed by atoms with van der Waals surface area (Å²) in [6.07, 6.45) is 7.79. The van der Waals surface area contributed by atoms with E-state index in [1.54, 1.807) is 0 Å². The molecule has 1 heterocycles. The molecule has 74 valence electrons. The van der Waals surface area contributed by atoms with E-state index in [0.29, 0.717) is 6.04 Å². The lowest BCUT2D eigenvalue weighted by atomic mass is 10.3. The molecule has 0 aliphatic rings. The van der Waals surface area contributed by atoms with Gasteiger partial charge in [-0.1, -0.05) is 0 Å². The Morgan fingerprint density at radius 3 is 3.08 bits per heavy atom. The highest BCUT2D eigenvalue weighted by molar-refractivity contribution is 7.98. The first-order valence-corrected chi connectivity index (χ1v) is 5.90. The average Bonchev–Trinajstić information content (AvgIpc) is 2.57. The largest absolute Gasteiger partial charge is 0.336 e. The third-order valence-electron chi connectivity index (χ3n) is 1.84. The van der Waals surface area contributed by atoms with Crippen molar-refractivity contribution >= 4 is 11.8 Å². The number of hydrogen-bond donors (Lipinski definition) is 1. The minimum Gasteiger partial charge on any atom is -0.336 e. The van der Waals surface area contributed by atoms with Crippen molar-refractivity contribution in [1.29, 1.82) is 0 Å². The van der Waals surface area contributed by atoms with E-state index in [1.807, 2.05) is 30.5 Å². The van der Waals surface area contributed by atoms with E-state index in [9.17, 15) is 0 Å². The van der Waals surface area contributed by atoms with Gasteiger partial charge in [0.25, 0.3) is 0 Å². The Morgan fingerprint density at radius 2 is 2.46 bits per heavy atom. The third kappa shape index (κ3) is 4.33. The molecule has 3 nitrogen and oxygen atoms in total. The number of nitrogens with zero attached hydrogens (tertiary/aromatic N) is 2. The van der Waals surface area contributed by atoms with Crippen molar-refractivity contribution < 1.29 is 0 Å². The van der Waals surface area contributed by atoms with Crippen LogP contribution in [0.4, 0.5) is 0 Å². The highest BCUT2D eigenvalue weighted by Gasteiger charge is 2.00. The van der Waals surface area contributed by atoms with Crippen LogP contribution in [0.15, 0.2) is 18.7 Å². The summed E-state index contributed by atoms with van der Waals surface area (Å²) in [7, 11) is 0. The van der Waals surface area contributed by atoms with Crippen molar-refractivity contribution in [3.8, 4) is 0 Å². The molecule has 0 aromatic carbocycles. The van der Waals surface area contributed by atoms with Crippen LogP contribution in [-0.2, 0) is 6.54 Å². The Balaban J connectivity index is 2.14. The van der Waals surface area contributed by atoms with Gasteiger partial charge in [0.1, 0.15) is 0 Å². The van der Waals surface area contributed by atoms with Gasteiger partial charge in [-0.15, -0.1) is 0 Å². The molecule has 1 aromatic heterocycles. The lowest BCUT2D eigenvalue weighted by molar-refractivity contribution is 0.491. The van der Waals surface area contributed by atoms with Gasteiger partial charge in [-0.2, -0.15) is 11.8 Å². The zero-order valence-corrected chi connectivity index (χ0v) is 9.05. The smallest absolute Gasteiger partial charge is 0.0946 e. The van der Waals surface area contributed by atoms with Gasteiger partial charge in [0, 0.05) is 37.3 Å². The average molecular weight is 199 g/mol. The summed E-state index contributed by atoms with van der Waals surface area (Å²) in [5.41, 5.74) is 0. The van der Waals surface area contributed by atoms with Crippen molar-refractivity contribution in [1.82, 2.24) is 14.9 Å². The molecular formula is C9H17N3S. The van der Waals surface area contributed by atoms with E-state index in [0.717, 1.165) is 13.1 Å². The Morgan fingerprint density at radius 1 is 1.62 bits per heavy atom. The van der Waals surface area contributed by atoms with Gasteiger partial charge in [0.15, 0.2) is 0 Å². The van der Waals surface area contributed by atoms with Gasteiger partial charge in [-0.3, -0.25) is 0 Å². The van der Waals surface area contributed by atoms with Crippen LogP contribution in [0, 0.1) is 0 Å². The summed E-state index contributed by atoms with van der Waals surface area (Å²) in [5.74, 6) is 1.17. The summed E-state index contributed by atoms with van der Waals surface area (Å²) >= 11 is 1.87. The zero-order valence-electron chi connectivity index (χ0n) is 8.23. The summed E-state index contributed by atoms with van der Waals surface area (Å²) in [5, 5.41) is 3.45. The molecule has 0 aliphatic heterocycles. The van der Waals surface area contributed by atoms with Gasteiger partial charge in [0.2, 0.25) is 0 Å². The minimum absolute atomic E-state index is 0.515. The molecule has 1 rings (SSSR count). The standard InChI is InChI=1S/C9H17N3S/c1-9(11-4-6-13-2)7-12-5-3-10-8-12/h3,5,8-9,11H,4,6-7H2,1-2H3. The molecule has 1 N–H and O–H groups in total. The monoisotopic (exact) mass is 199 g/mol. The number of imidazole rings is 1. The molecule has 0 spiro atoms. The molecule has 0 amide bonds. The molecule has 0 saturated heterocycles. The van der Waals surface area contributed by atoms with E-state index in [-0.39, 0.29) is 0 Å². The molecule has 0 radical (unpaired) electrons. The van der Waals surface area contributed by atoms with Gasteiger partial charge in [0.05, 0.1) is 6.33 Å². The van der Waals surface area contributed by atoms with E-state index < -0.39 is 0 Å². The maximum Gasteiger partial charge on any atom is 0.0946 e. The van der Waals surface area contributed by atoms with Gasteiger partial charge >= 0.3 is 0 Å². The summed E-state index contributed by atoms with van der Waals surface area (Å²) in [6, 6.07) is 0.515. The van der Waals surface area contributed by atoms with Crippen LogP contribution >= 0.6 is 11.8 Å². The summed E-state index contributed by atoms with van der Waals surface area (Å²) < 4.78 is 2.09. The number of rotatable bonds is 6. The van der Waals surface area contributed by atoms with Crippen molar-refractivity contribution in [2.24, 2.45) is 0 Å². The first-order valence-electron chi connectivity index (χ1n) is 4.51.